The summed E-state index contributed by atoms with van der Waals surface area (Å²) in [6, 6.07) is 16.7. The molecule has 1 atom stereocenters. The molecule has 2 aromatic rings. The second-order valence-corrected chi connectivity index (χ2v) is 4.90. The van der Waals surface area contributed by atoms with E-state index >= 15 is 0 Å². The van der Waals surface area contributed by atoms with Gasteiger partial charge in [0.05, 0.1) is 11.6 Å². The largest absolute Gasteiger partial charge is 0.476 e. The maximum absolute atomic E-state index is 12.4. The predicted molar refractivity (Wildman–Crippen MR) is 88.2 cm³/mol. The zero-order chi connectivity index (χ0) is 17.4. The Balaban J connectivity index is 2.24. The summed E-state index contributed by atoms with van der Waals surface area (Å²) in [5, 5.41) is 13.7. The maximum atomic E-state index is 12.4. The van der Waals surface area contributed by atoms with Crippen LogP contribution < -0.4 is 15.4 Å². The smallest absolute Gasteiger partial charge is 0.321 e. The van der Waals surface area contributed by atoms with Gasteiger partial charge in [0.15, 0.2) is 0 Å². The van der Waals surface area contributed by atoms with Crippen molar-refractivity contribution in [3.05, 3.63) is 65.7 Å². The number of nitrogens with zero attached hydrogens (tertiary/aromatic N) is 1. The fourth-order valence-corrected chi connectivity index (χ4v) is 2.06. The van der Waals surface area contributed by atoms with Crippen LogP contribution in [0.5, 0.6) is 5.75 Å². The van der Waals surface area contributed by atoms with Crippen LogP contribution in [0.2, 0.25) is 0 Å². The lowest BCUT2D eigenvalue weighted by Gasteiger charge is -2.19. The number of carbonyl (C=O) groups is 2. The highest BCUT2D eigenvalue weighted by molar-refractivity contribution is 5.97. The first-order chi connectivity index (χ1) is 11.6. The number of carbonyl (C=O) groups excluding carboxylic acids is 2. The minimum atomic E-state index is -1.01. The molecule has 0 bridgehead atoms. The van der Waals surface area contributed by atoms with Gasteiger partial charge in [-0.25, -0.2) is 4.79 Å². The van der Waals surface area contributed by atoms with Crippen LogP contribution in [0.15, 0.2) is 54.6 Å². The summed E-state index contributed by atoms with van der Waals surface area (Å²) in [5.41, 5.74) is 1.02. The Kier molecular flexibility index (Phi) is 5.92. The van der Waals surface area contributed by atoms with E-state index in [0.717, 1.165) is 0 Å². The number of nitrogens with one attached hydrogen (secondary N) is 2. The van der Waals surface area contributed by atoms with Gasteiger partial charge in [-0.15, -0.1) is 0 Å². The minimum Gasteiger partial charge on any atom is -0.476 e. The van der Waals surface area contributed by atoms with Gasteiger partial charge < -0.3 is 10.1 Å². The Hall–Kier alpha value is -3.33. The predicted octanol–water partition coefficient (Wildman–Crippen LogP) is 2.52. The molecule has 6 heteroatoms. The number of hydrogen-bond acceptors (Lipinski definition) is 4. The summed E-state index contributed by atoms with van der Waals surface area (Å²) >= 11 is 0. The van der Waals surface area contributed by atoms with Gasteiger partial charge >= 0.3 is 6.03 Å². The van der Waals surface area contributed by atoms with Gasteiger partial charge in [0.2, 0.25) is 6.10 Å². The van der Waals surface area contributed by atoms with E-state index in [1.807, 2.05) is 12.1 Å². The molecular weight excluding hydrogens is 306 g/mol. The average molecular weight is 323 g/mol. The molecule has 0 aliphatic carbocycles. The topological polar surface area (TPSA) is 91.2 Å². The molecule has 122 valence electrons. The molecule has 2 N–H and O–H groups in total. The van der Waals surface area contributed by atoms with Gasteiger partial charge in [0.25, 0.3) is 5.91 Å². The molecule has 0 fully saturated rings. The van der Waals surface area contributed by atoms with Crippen molar-refractivity contribution in [2.45, 2.75) is 13.0 Å². The molecule has 24 heavy (non-hydrogen) atoms. The first-order valence-electron chi connectivity index (χ1n) is 7.44. The Morgan fingerprint density at radius 2 is 1.92 bits per heavy atom. The number of hydrogen-bond donors (Lipinski definition) is 2. The van der Waals surface area contributed by atoms with E-state index in [1.165, 1.54) is 6.07 Å². The molecule has 6 nitrogen and oxygen atoms in total. The summed E-state index contributed by atoms with van der Waals surface area (Å²) in [4.78, 5) is 24.0. The monoisotopic (exact) mass is 323 g/mol. The molecule has 0 saturated heterocycles. The minimum absolute atomic E-state index is 0.369. The van der Waals surface area contributed by atoms with E-state index in [2.05, 4.69) is 10.6 Å². The molecule has 2 rings (SSSR count). The van der Waals surface area contributed by atoms with E-state index in [1.54, 1.807) is 49.4 Å². The number of nitriles is 1. The van der Waals surface area contributed by atoms with Gasteiger partial charge in [-0.1, -0.05) is 36.4 Å². The van der Waals surface area contributed by atoms with E-state index < -0.39 is 18.0 Å². The summed E-state index contributed by atoms with van der Waals surface area (Å²) in [7, 11) is 0. The second kappa shape index (κ2) is 8.34. The molecule has 0 aromatic heterocycles. The number of imide groups is 1. The SMILES string of the molecule is CCNC(=O)NC(=O)[C@H](Oc1cccc(C#N)c1)c1ccccc1. The van der Waals surface area contributed by atoms with Gasteiger partial charge in [0, 0.05) is 12.1 Å². The van der Waals surface area contributed by atoms with Crippen molar-refractivity contribution in [2.75, 3.05) is 6.54 Å². The molecule has 0 saturated carbocycles. The van der Waals surface area contributed by atoms with E-state index in [9.17, 15) is 9.59 Å². The Morgan fingerprint density at radius 3 is 2.58 bits per heavy atom. The number of rotatable bonds is 5. The molecule has 0 aliphatic heterocycles. The molecular formula is C18H17N3O3. The van der Waals surface area contributed by atoms with Crippen molar-refractivity contribution in [3.63, 3.8) is 0 Å². The molecule has 0 unspecified atom stereocenters. The van der Waals surface area contributed by atoms with Gasteiger partial charge in [-0.05, 0) is 25.1 Å². The number of urea groups is 1. The lowest BCUT2D eigenvalue weighted by molar-refractivity contribution is -0.127. The van der Waals surface area contributed by atoms with Crippen molar-refractivity contribution >= 4 is 11.9 Å². The molecule has 0 spiro atoms. The number of benzene rings is 2. The van der Waals surface area contributed by atoms with Crippen LogP contribution in [-0.2, 0) is 4.79 Å². The van der Waals surface area contributed by atoms with Crippen molar-refractivity contribution in [2.24, 2.45) is 0 Å². The van der Waals surface area contributed by atoms with Crippen molar-refractivity contribution in [3.8, 4) is 11.8 Å². The summed E-state index contributed by atoms with van der Waals surface area (Å²) in [6.07, 6.45) is -1.01. The van der Waals surface area contributed by atoms with E-state index in [-0.39, 0.29) is 0 Å². The van der Waals surface area contributed by atoms with Crippen molar-refractivity contribution in [1.82, 2.24) is 10.6 Å². The lowest BCUT2D eigenvalue weighted by atomic mass is 10.1. The van der Waals surface area contributed by atoms with Gasteiger partial charge in [-0.2, -0.15) is 5.26 Å². The van der Waals surface area contributed by atoms with Crippen LogP contribution in [0, 0.1) is 11.3 Å². The Morgan fingerprint density at radius 1 is 1.17 bits per heavy atom. The number of ether oxygens (including phenoxy) is 1. The molecule has 0 radical (unpaired) electrons. The number of amides is 3. The normalized spacial score (nSPS) is 11.0. The third-order valence-electron chi connectivity index (χ3n) is 3.13. The van der Waals surface area contributed by atoms with E-state index in [4.69, 9.17) is 10.00 Å². The molecule has 3 amide bonds. The van der Waals surface area contributed by atoms with Crippen molar-refractivity contribution < 1.29 is 14.3 Å². The highest BCUT2D eigenvalue weighted by atomic mass is 16.5. The van der Waals surface area contributed by atoms with Crippen LogP contribution >= 0.6 is 0 Å². The fourth-order valence-electron chi connectivity index (χ4n) is 2.06. The lowest BCUT2D eigenvalue weighted by Crippen LogP contribution is -2.42. The molecule has 2 aromatic carbocycles. The van der Waals surface area contributed by atoms with Crippen molar-refractivity contribution in [1.29, 1.82) is 5.26 Å². The zero-order valence-electron chi connectivity index (χ0n) is 13.2. The summed E-state index contributed by atoms with van der Waals surface area (Å²) in [5.74, 6) is -0.219. The quantitative estimate of drug-likeness (QED) is 0.884. The summed E-state index contributed by atoms with van der Waals surface area (Å²) < 4.78 is 5.74. The van der Waals surface area contributed by atoms with Crippen LogP contribution in [0.1, 0.15) is 24.2 Å². The highest BCUT2D eigenvalue weighted by Gasteiger charge is 2.24. The second-order valence-electron chi connectivity index (χ2n) is 4.90. The third-order valence-corrected chi connectivity index (χ3v) is 3.13. The van der Waals surface area contributed by atoms with E-state index in [0.29, 0.717) is 23.4 Å². The maximum Gasteiger partial charge on any atom is 0.321 e. The zero-order valence-corrected chi connectivity index (χ0v) is 13.2. The Labute approximate surface area is 140 Å². The average Bonchev–Trinajstić information content (AvgIpc) is 2.60. The first-order valence-corrected chi connectivity index (χ1v) is 7.44. The standard InChI is InChI=1S/C18H17N3O3/c1-2-20-18(23)21-17(22)16(14-8-4-3-5-9-14)24-15-10-6-7-13(11-15)12-19/h3-11,16H,2H2,1H3,(H2,20,21,22,23)/t16-/m1/s1. The first kappa shape index (κ1) is 17.0. The van der Waals surface area contributed by atoms with Crippen LogP contribution in [0.4, 0.5) is 4.79 Å². The molecule has 0 heterocycles. The van der Waals surface area contributed by atoms with Crippen LogP contribution in [-0.4, -0.2) is 18.5 Å². The van der Waals surface area contributed by atoms with Crippen LogP contribution in [0.25, 0.3) is 0 Å². The van der Waals surface area contributed by atoms with Gasteiger partial charge in [-0.3, -0.25) is 10.1 Å². The highest BCUT2D eigenvalue weighted by Crippen LogP contribution is 2.23. The molecule has 0 aliphatic rings. The van der Waals surface area contributed by atoms with Crippen LogP contribution in [0.3, 0.4) is 0 Å². The third kappa shape index (κ3) is 4.58. The van der Waals surface area contributed by atoms with Gasteiger partial charge in [0.1, 0.15) is 5.75 Å². The summed E-state index contributed by atoms with van der Waals surface area (Å²) in [6.45, 7) is 2.16. The Bertz CT molecular complexity index is 754. The fraction of sp³-hybridized carbons (Fsp3) is 0.167.